The van der Waals surface area contributed by atoms with Crippen molar-refractivity contribution >= 4 is 11.0 Å². The van der Waals surface area contributed by atoms with Gasteiger partial charge in [0.25, 0.3) is 0 Å². The molecule has 3 rings (SSSR count). The third kappa shape index (κ3) is 1.40. The van der Waals surface area contributed by atoms with Gasteiger partial charge in [-0.05, 0) is 12.1 Å². The average molecular weight is 199 g/mol. The van der Waals surface area contributed by atoms with Gasteiger partial charge in [0, 0.05) is 17.8 Å². The highest BCUT2D eigenvalue weighted by Gasteiger charge is 2.06. The lowest BCUT2D eigenvalue weighted by atomic mass is 10.2. The zero-order valence-corrected chi connectivity index (χ0v) is 8.00. The summed E-state index contributed by atoms with van der Waals surface area (Å²) in [6.07, 6.45) is 5.43. The van der Waals surface area contributed by atoms with Crippen LogP contribution in [0, 0.1) is 0 Å². The van der Waals surface area contributed by atoms with Crippen molar-refractivity contribution in [1.82, 2.24) is 14.7 Å². The van der Waals surface area contributed by atoms with Gasteiger partial charge in [0.1, 0.15) is 5.69 Å². The molecule has 74 valence electrons. The second kappa shape index (κ2) is 3.24. The molecule has 0 radical (unpaired) electrons. The predicted molar refractivity (Wildman–Crippen MR) is 55.3 cm³/mol. The molecular weight excluding hydrogens is 190 g/mol. The van der Waals surface area contributed by atoms with E-state index < -0.39 is 0 Å². The van der Waals surface area contributed by atoms with Crippen LogP contribution < -0.4 is 0 Å². The molecule has 0 aliphatic carbocycles. The normalized spacial score (nSPS) is 10.9. The van der Waals surface area contributed by atoms with Gasteiger partial charge in [-0.25, -0.2) is 4.98 Å². The quantitative estimate of drug-likeness (QED) is 0.634. The second-order valence-electron chi connectivity index (χ2n) is 3.36. The lowest BCUT2D eigenvalue weighted by Crippen LogP contribution is -1.96. The van der Waals surface area contributed by atoms with Crippen molar-refractivity contribution in [2.45, 2.75) is 6.54 Å². The first-order valence-electron chi connectivity index (χ1n) is 4.72. The van der Waals surface area contributed by atoms with E-state index in [1.807, 2.05) is 35.0 Å². The minimum atomic E-state index is 0.691. The fourth-order valence-electron chi connectivity index (χ4n) is 1.61. The van der Waals surface area contributed by atoms with Gasteiger partial charge in [-0.2, -0.15) is 0 Å². The van der Waals surface area contributed by atoms with E-state index in [0.29, 0.717) is 6.54 Å². The number of hydrogen-bond donors (Lipinski definition) is 0. The van der Waals surface area contributed by atoms with Gasteiger partial charge in [0.15, 0.2) is 5.58 Å². The van der Waals surface area contributed by atoms with Crippen molar-refractivity contribution in [2.75, 3.05) is 0 Å². The monoisotopic (exact) mass is 199 g/mol. The van der Waals surface area contributed by atoms with E-state index in [-0.39, 0.29) is 0 Å². The Hall–Kier alpha value is -2.10. The van der Waals surface area contributed by atoms with Crippen LogP contribution in [-0.2, 0) is 6.54 Å². The first kappa shape index (κ1) is 8.23. The molecule has 0 spiro atoms. The predicted octanol–water partition coefficient (Wildman–Crippen LogP) is 2.07. The topological polar surface area (TPSA) is 43.9 Å². The smallest absolute Gasteiger partial charge is 0.167 e. The van der Waals surface area contributed by atoms with Gasteiger partial charge < -0.3 is 9.09 Å². The molecule has 0 aliphatic rings. The Morgan fingerprint density at radius 1 is 1.27 bits per heavy atom. The van der Waals surface area contributed by atoms with Crippen LogP contribution in [0.25, 0.3) is 11.0 Å². The largest absolute Gasteiger partial charge is 0.356 e. The van der Waals surface area contributed by atoms with Gasteiger partial charge in [-0.1, -0.05) is 17.3 Å². The fraction of sp³-hybridized carbons (Fsp3) is 0.0909. The van der Waals surface area contributed by atoms with Gasteiger partial charge >= 0.3 is 0 Å². The number of hydrogen-bond acceptors (Lipinski definition) is 3. The van der Waals surface area contributed by atoms with E-state index in [9.17, 15) is 0 Å². The van der Waals surface area contributed by atoms with Gasteiger partial charge in [-0.3, -0.25) is 0 Å². The Kier molecular flexibility index (Phi) is 1.78. The molecule has 0 fully saturated rings. The summed E-state index contributed by atoms with van der Waals surface area (Å²) in [5.41, 5.74) is 1.76. The van der Waals surface area contributed by atoms with E-state index in [1.54, 1.807) is 12.5 Å². The Morgan fingerprint density at radius 2 is 2.20 bits per heavy atom. The van der Waals surface area contributed by atoms with E-state index in [4.69, 9.17) is 4.52 Å². The van der Waals surface area contributed by atoms with Gasteiger partial charge in [-0.15, -0.1) is 0 Å². The molecule has 2 aromatic heterocycles. The highest BCUT2D eigenvalue weighted by atomic mass is 16.5. The van der Waals surface area contributed by atoms with Crippen molar-refractivity contribution in [3.63, 3.8) is 0 Å². The first-order valence-corrected chi connectivity index (χ1v) is 4.72. The molecule has 2 heterocycles. The highest BCUT2D eigenvalue weighted by Crippen LogP contribution is 2.18. The van der Waals surface area contributed by atoms with Gasteiger partial charge in [0.05, 0.1) is 12.9 Å². The maximum atomic E-state index is 5.21. The SMILES string of the molecule is c1ccc2c(Cn3ccnc3)noc2c1. The van der Waals surface area contributed by atoms with Crippen LogP contribution in [0.2, 0.25) is 0 Å². The first-order chi connectivity index (χ1) is 7.43. The summed E-state index contributed by atoms with van der Waals surface area (Å²) in [7, 11) is 0. The van der Waals surface area contributed by atoms with E-state index in [1.165, 1.54) is 0 Å². The van der Waals surface area contributed by atoms with E-state index in [0.717, 1.165) is 16.7 Å². The molecule has 0 saturated carbocycles. The molecular formula is C11H9N3O. The third-order valence-corrected chi connectivity index (χ3v) is 2.34. The summed E-state index contributed by atoms with van der Waals surface area (Å²) in [4.78, 5) is 3.99. The molecule has 0 atom stereocenters. The number of imidazole rings is 1. The lowest BCUT2D eigenvalue weighted by Gasteiger charge is -1.96. The Bertz CT molecular complexity index is 568. The maximum absolute atomic E-state index is 5.21. The summed E-state index contributed by atoms with van der Waals surface area (Å²) in [6, 6.07) is 7.85. The summed E-state index contributed by atoms with van der Waals surface area (Å²) in [5.74, 6) is 0. The Balaban J connectivity index is 2.05. The summed E-state index contributed by atoms with van der Waals surface area (Å²) in [6.45, 7) is 0.691. The second-order valence-corrected chi connectivity index (χ2v) is 3.36. The third-order valence-electron chi connectivity index (χ3n) is 2.34. The van der Waals surface area contributed by atoms with Crippen LogP contribution in [0.3, 0.4) is 0 Å². The van der Waals surface area contributed by atoms with Crippen LogP contribution in [-0.4, -0.2) is 14.7 Å². The van der Waals surface area contributed by atoms with Gasteiger partial charge in [0.2, 0.25) is 0 Å². The molecule has 0 aliphatic heterocycles. The van der Waals surface area contributed by atoms with E-state index in [2.05, 4.69) is 10.1 Å². The van der Waals surface area contributed by atoms with Crippen molar-refractivity contribution in [1.29, 1.82) is 0 Å². The van der Waals surface area contributed by atoms with Crippen LogP contribution in [0.15, 0.2) is 47.5 Å². The lowest BCUT2D eigenvalue weighted by molar-refractivity contribution is 0.443. The van der Waals surface area contributed by atoms with Crippen LogP contribution >= 0.6 is 0 Å². The minimum Gasteiger partial charge on any atom is -0.356 e. The fourth-order valence-corrected chi connectivity index (χ4v) is 1.61. The molecule has 1 aromatic carbocycles. The molecule has 3 aromatic rings. The van der Waals surface area contributed by atoms with Crippen LogP contribution in [0.1, 0.15) is 5.69 Å². The van der Waals surface area contributed by atoms with Crippen molar-refractivity contribution in [3.05, 3.63) is 48.7 Å². The number of para-hydroxylation sites is 1. The molecule has 4 nitrogen and oxygen atoms in total. The zero-order chi connectivity index (χ0) is 10.1. The summed E-state index contributed by atoms with van der Waals surface area (Å²) < 4.78 is 7.18. The van der Waals surface area contributed by atoms with Crippen LogP contribution in [0.5, 0.6) is 0 Å². The minimum absolute atomic E-state index is 0.691. The number of rotatable bonds is 2. The number of benzene rings is 1. The number of fused-ring (bicyclic) bond motifs is 1. The number of nitrogens with zero attached hydrogens (tertiary/aromatic N) is 3. The van der Waals surface area contributed by atoms with Crippen molar-refractivity contribution in [3.8, 4) is 0 Å². The van der Waals surface area contributed by atoms with Crippen molar-refractivity contribution < 1.29 is 4.52 Å². The maximum Gasteiger partial charge on any atom is 0.167 e. The van der Waals surface area contributed by atoms with E-state index >= 15 is 0 Å². The average Bonchev–Trinajstić information content (AvgIpc) is 2.89. The zero-order valence-electron chi connectivity index (χ0n) is 8.00. The Labute approximate surface area is 86.1 Å². The molecule has 0 unspecified atom stereocenters. The summed E-state index contributed by atoms with van der Waals surface area (Å²) >= 11 is 0. The molecule has 0 bridgehead atoms. The highest BCUT2D eigenvalue weighted by molar-refractivity contribution is 5.79. The molecule has 0 N–H and O–H groups in total. The Morgan fingerprint density at radius 3 is 3.07 bits per heavy atom. The van der Waals surface area contributed by atoms with Crippen molar-refractivity contribution in [2.24, 2.45) is 0 Å². The standard InChI is InChI=1S/C11H9N3O/c1-2-4-11-9(3-1)10(13-15-11)7-14-6-5-12-8-14/h1-6,8H,7H2. The molecule has 15 heavy (non-hydrogen) atoms. The number of aromatic nitrogens is 3. The van der Waals surface area contributed by atoms with Crippen LogP contribution in [0.4, 0.5) is 0 Å². The molecule has 0 amide bonds. The molecule has 0 saturated heterocycles. The molecule has 4 heteroatoms. The summed E-state index contributed by atoms with van der Waals surface area (Å²) in [5, 5.41) is 5.11.